The fraction of sp³-hybridized carbons (Fsp3) is 0.0870. The first-order valence-electron chi connectivity index (χ1n) is 9.18. The van der Waals surface area contributed by atoms with Crippen LogP contribution in [0.15, 0.2) is 83.8 Å². The summed E-state index contributed by atoms with van der Waals surface area (Å²) in [4.78, 5) is 25.8. The number of nitrogens with zero attached hydrogens (tertiary/aromatic N) is 2. The molecule has 0 aromatic heterocycles. The van der Waals surface area contributed by atoms with Crippen molar-refractivity contribution < 1.29 is 9.59 Å². The Morgan fingerprint density at radius 2 is 1.73 bits per heavy atom. The van der Waals surface area contributed by atoms with Gasteiger partial charge in [-0.1, -0.05) is 36.4 Å². The number of nitrogens with one attached hydrogen (secondary N) is 2. The fourth-order valence-corrected chi connectivity index (χ4v) is 3.57. The maximum atomic E-state index is 12.8. The lowest BCUT2D eigenvalue weighted by Gasteiger charge is -2.21. The largest absolute Gasteiger partial charge is 0.325 e. The Morgan fingerprint density at radius 3 is 2.50 bits per heavy atom. The average Bonchev–Trinajstić information content (AvgIpc) is 2.78. The van der Waals surface area contributed by atoms with Gasteiger partial charge in [-0.15, -0.1) is 11.8 Å². The normalized spacial score (nSPS) is 10.0. The third-order valence-electron chi connectivity index (χ3n) is 4.18. The standard InChI is InChI=1S/C23H20N4O2S/c1-27(19-10-3-2-4-11-19)26-23(29)20-12-5-6-13-21(20)30-16-22(28)25-18-9-7-8-17(14-18)15-24/h2-14H,16H2,1H3,(H,25,28)(H,26,29). The Balaban J connectivity index is 1.62. The summed E-state index contributed by atoms with van der Waals surface area (Å²) < 4.78 is 0. The second-order valence-corrected chi connectivity index (χ2v) is 7.38. The number of anilines is 2. The third-order valence-corrected chi connectivity index (χ3v) is 5.25. The number of para-hydroxylation sites is 1. The van der Waals surface area contributed by atoms with Crippen LogP contribution in [0.3, 0.4) is 0 Å². The van der Waals surface area contributed by atoms with Crippen molar-refractivity contribution >= 4 is 35.0 Å². The fourth-order valence-electron chi connectivity index (χ4n) is 2.72. The van der Waals surface area contributed by atoms with Gasteiger partial charge in [-0.2, -0.15) is 5.26 Å². The summed E-state index contributed by atoms with van der Waals surface area (Å²) in [7, 11) is 1.77. The minimum absolute atomic E-state index is 0.135. The number of amides is 2. The molecule has 0 unspecified atom stereocenters. The summed E-state index contributed by atoms with van der Waals surface area (Å²) in [5.74, 6) is -0.339. The van der Waals surface area contributed by atoms with Crippen LogP contribution in [0.4, 0.5) is 11.4 Å². The minimum Gasteiger partial charge on any atom is -0.325 e. The van der Waals surface area contributed by atoms with E-state index >= 15 is 0 Å². The van der Waals surface area contributed by atoms with E-state index in [-0.39, 0.29) is 17.6 Å². The first-order chi connectivity index (χ1) is 14.6. The van der Waals surface area contributed by atoms with E-state index in [2.05, 4.69) is 10.7 Å². The smallest absolute Gasteiger partial charge is 0.270 e. The van der Waals surface area contributed by atoms with E-state index < -0.39 is 0 Å². The van der Waals surface area contributed by atoms with Gasteiger partial charge >= 0.3 is 0 Å². The number of benzene rings is 3. The monoisotopic (exact) mass is 416 g/mol. The molecule has 2 amide bonds. The number of rotatable bonds is 7. The van der Waals surface area contributed by atoms with Crippen molar-refractivity contribution in [2.24, 2.45) is 0 Å². The SMILES string of the molecule is CN(NC(=O)c1ccccc1SCC(=O)Nc1cccc(C#N)c1)c1ccccc1. The van der Waals surface area contributed by atoms with E-state index in [0.29, 0.717) is 21.7 Å². The first-order valence-corrected chi connectivity index (χ1v) is 10.2. The molecular formula is C23H20N4O2S. The van der Waals surface area contributed by atoms with Gasteiger partial charge in [-0.3, -0.25) is 20.0 Å². The Bertz CT molecular complexity index is 1080. The molecule has 0 aliphatic rings. The molecule has 2 N–H and O–H groups in total. The lowest BCUT2D eigenvalue weighted by atomic mass is 10.2. The van der Waals surface area contributed by atoms with E-state index in [9.17, 15) is 9.59 Å². The van der Waals surface area contributed by atoms with Crippen molar-refractivity contribution in [3.63, 3.8) is 0 Å². The van der Waals surface area contributed by atoms with Crippen LogP contribution in [0.25, 0.3) is 0 Å². The summed E-state index contributed by atoms with van der Waals surface area (Å²) in [6.07, 6.45) is 0. The number of carbonyl (C=O) groups excluding carboxylic acids is 2. The maximum Gasteiger partial charge on any atom is 0.270 e. The predicted molar refractivity (Wildman–Crippen MR) is 119 cm³/mol. The molecule has 150 valence electrons. The number of thioether (sulfide) groups is 1. The zero-order valence-corrected chi connectivity index (χ0v) is 17.1. The van der Waals surface area contributed by atoms with Crippen LogP contribution in [-0.4, -0.2) is 24.6 Å². The van der Waals surface area contributed by atoms with Crippen LogP contribution in [0.5, 0.6) is 0 Å². The third kappa shape index (κ3) is 5.63. The van der Waals surface area contributed by atoms with Gasteiger partial charge in [0.2, 0.25) is 5.91 Å². The molecule has 0 radical (unpaired) electrons. The molecule has 0 atom stereocenters. The Kier molecular flexibility index (Phi) is 7.09. The van der Waals surface area contributed by atoms with Gasteiger partial charge in [0.05, 0.1) is 28.6 Å². The molecule has 3 aromatic carbocycles. The zero-order valence-electron chi connectivity index (χ0n) is 16.3. The van der Waals surface area contributed by atoms with Crippen LogP contribution in [0.1, 0.15) is 15.9 Å². The lowest BCUT2D eigenvalue weighted by molar-refractivity contribution is -0.113. The van der Waals surface area contributed by atoms with E-state index in [1.165, 1.54) is 11.8 Å². The van der Waals surface area contributed by atoms with Crippen LogP contribution < -0.4 is 15.8 Å². The van der Waals surface area contributed by atoms with Crippen molar-refractivity contribution in [3.8, 4) is 6.07 Å². The topological polar surface area (TPSA) is 85.2 Å². The molecular weight excluding hydrogens is 396 g/mol. The molecule has 0 aliphatic carbocycles. The molecule has 30 heavy (non-hydrogen) atoms. The summed E-state index contributed by atoms with van der Waals surface area (Å²) in [5, 5.41) is 13.4. The molecule has 0 saturated heterocycles. The Morgan fingerprint density at radius 1 is 1.00 bits per heavy atom. The highest BCUT2D eigenvalue weighted by Crippen LogP contribution is 2.23. The molecule has 0 bridgehead atoms. The van der Waals surface area contributed by atoms with Crippen molar-refractivity contribution in [2.45, 2.75) is 4.90 Å². The molecule has 3 rings (SSSR count). The van der Waals surface area contributed by atoms with E-state index in [4.69, 9.17) is 5.26 Å². The van der Waals surface area contributed by atoms with E-state index in [0.717, 1.165) is 5.69 Å². The zero-order chi connectivity index (χ0) is 21.3. The molecule has 0 saturated carbocycles. The second kappa shape index (κ2) is 10.1. The minimum atomic E-state index is -0.258. The van der Waals surface area contributed by atoms with Crippen LogP contribution >= 0.6 is 11.8 Å². The molecule has 0 aliphatic heterocycles. The van der Waals surface area contributed by atoms with Crippen LogP contribution in [-0.2, 0) is 4.79 Å². The maximum absolute atomic E-state index is 12.8. The van der Waals surface area contributed by atoms with Crippen LogP contribution in [0, 0.1) is 11.3 Å². The van der Waals surface area contributed by atoms with E-state index in [1.807, 2.05) is 48.5 Å². The van der Waals surface area contributed by atoms with Crippen LogP contribution in [0.2, 0.25) is 0 Å². The van der Waals surface area contributed by atoms with Gasteiger partial charge in [0.25, 0.3) is 5.91 Å². The van der Waals surface area contributed by atoms with Crippen molar-refractivity contribution in [2.75, 3.05) is 23.1 Å². The highest BCUT2D eigenvalue weighted by atomic mass is 32.2. The van der Waals surface area contributed by atoms with Gasteiger partial charge < -0.3 is 5.32 Å². The summed E-state index contributed by atoms with van der Waals surface area (Å²) in [6.45, 7) is 0. The molecule has 6 nitrogen and oxygen atoms in total. The molecule has 0 spiro atoms. The highest BCUT2D eigenvalue weighted by Gasteiger charge is 2.14. The summed E-state index contributed by atoms with van der Waals surface area (Å²) in [5.41, 5.74) is 5.23. The second-order valence-electron chi connectivity index (χ2n) is 6.36. The van der Waals surface area contributed by atoms with Crippen molar-refractivity contribution in [3.05, 3.63) is 90.0 Å². The first kappa shape index (κ1) is 21.0. The number of hydrazine groups is 1. The van der Waals surface area contributed by atoms with Crippen molar-refractivity contribution in [1.29, 1.82) is 5.26 Å². The van der Waals surface area contributed by atoms with Crippen molar-refractivity contribution in [1.82, 2.24) is 5.43 Å². The lowest BCUT2D eigenvalue weighted by Crippen LogP contribution is -2.39. The summed E-state index contributed by atoms with van der Waals surface area (Å²) >= 11 is 1.28. The number of nitriles is 1. The van der Waals surface area contributed by atoms with Gasteiger partial charge in [0.15, 0.2) is 0 Å². The average molecular weight is 417 g/mol. The molecule has 0 heterocycles. The molecule has 3 aromatic rings. The highest BCUT2D eigenvalue weighted by molar-refractivity contribution is 8.00. The van der Waals surface area contributed by atoms with Gasteiger partial charge in [-0.25, -0.2) is 0 Å². The molecule has 0 fully saturated rings. The van der Waals surface area contributed by atoms with Gasteiger partial charge in [0.1, 0.15) is 0 Å². The quantitative estimate of drug-likeness (QED) is 0.448. The number of hydrogen-bond donors (Lipinski definition) is 2. The Labute approximate surface area is 179 Å². The predicted octanol–water partition coefficient (Wildman–Crippen LogP) is 4.07. The summed E-state index contributed by atoms with van der Waals surface area (Å²) in [6, 6.07) is 25.4. The van der Waals surface area contributed by atoms with Gasteiger partial charge in [0, 0.05) is 17.6 Å². The van der Waals surface area contributed by atoms with E-state index in [1.54, 1.807) is 48.5 Å². The number of carbonyl (C=O) groups is 2. The Hall–Kier alpha value is -3.76. The van der Waals surface area contributed by atoms with Gasteiger partial charge in [-0.05, 0) is 42.5 Å². The molecule has 7 heteroatoms. The number of hydrogen-bond acceptors (Lipinski definition) is 5.